The first-order chi connectivity index (χ1) is 16.4. The van der Waals surface area contributed by atoms with Crippen LogP contribution in [0.3, 0.4) is 0 Å². The van der Waals surface area contributed by atoms with Gasteiger partial charge >= 0.3 is 12.3 Å². The van der Waals surface area contributed by atoms with E-state index in [1.807, 2.05) is 6.92 Å². The molecule has 12 heteroatoms. The SMILES string of the molecule is CCCNC(=O)Oc1[nH]c(C)c(C(=O)C(=O)N2CCN(c3ccc(Cl)c(C(F)(F)F)c3)CC2)c1C. The molecule has 1 aromatic heterocycles. The Morgan fingerprint density at radius 3 is 2.40 bits per heavy atom. The first-order valence-corrected chi connectivity index (χ1v) is 11.4. The molecule has 0 spiro atoms. The van der Waals surface area contributed by atoms with Gasteiger partial charge in [0.25, 0.3) is 11.7 Å². The molecule has 2 heterocycles. The van der Waals surface area contributed by atoms with Crippen molar-refractivity contribution >= 4 is 35.1 Å². The molecule has 2 amide bonds. The number of rotatable bonds is 6. The van der Waals surface area contributed by atoms with Crippen LogP contribution in [0, 0.1) is 13.8 Å². The predicted molar refractivity (Wildman–Crippen MR) is 124 cm³/mol. The smallest absolute Gasteiger partial charge is 0.393 e. The number of nitrogens with zero attached hydrogens (tertiary/aromatic N) is 2. The summed E-state index contributed by atoms with van der Waals surface area (Å²) in [6.45, 7) is 6.29. The molecule has 3 rings (SSSR count). The fraction of sp³-hybridized carbons (Fsp3) is 0.435. The molecule has 0 bridgehead atoms. The Hall–Kier alpha value is -3.21. The number of carbonyl (C=O) groups is 3. The number of ketones is 1. The van der Waals surface area contributed by atoms with Crippen LogP contribution in [-0.4, -0.2) is 60.4 Å². The number of aromatic amines is 1. The van der Waals surface area contributed by atoms with Gasteiger partial charge < -0.3 is 24.8 Å². The first-order valence-electron chi connectivity index (χ1n) is 11.0. The van der Waals surface area contributed by atoms with E-state index in [9.17, 15) is 27.6 Å². The Kier molecular flexibility index (Phi) is 7.99. The number of hydrogen-bond acceptors (Lipinski definition) is 5. The number of H-pyrrole nitrogens is 1. The monoisotopic (exact) mass is 514 g/mol. The number of piperazine rings is 1. The molecule has 35 heavy (non-hydrogen) atoms. The average molecular weight is 515 g/mol. The predicted octanol–water partition coefficient (Wildman–Crippen LogP) is 4.33. The lowest BCUT2D eigenvalue weighted by molar-refractivity contribution is -0.137. The molecule has 0 atom stereocenters. The zero-order valence-electron chi connectivity index (χ0n) is 19.5. The van der Waals surface area contributed by atoms with E-state index >= 15 is 0 Å². The van der Waals surface area contributed by atoms with Crippen LogP contribution < -0.4 is 15.0 Å². The number of Topliss-reactive ketones (excluding diaryl/α,β-unsaturated/α-hetero) is 1. The number of aryl methyl sites for hydroxylation is 1. The number of amides is 2. The van der Waals surface area contributed by atoms with Crippen molar-refractivity contribution in [2.24, 2.45) is 0 Å². The number of nitrogens with one attached hydrogen (secondary N) is 2. The summed E-state index contributed by atoms with van der Waals surface area (Å²) in [5.41, 5.74) is 0.264. The maximum absolute atomic E-state index is 13.2. The third-order valence-electron chi connectivity index (χ3n) is 5.71. The number of ether oxygens (including phenoxy) is 1. The highest BCUT2D eigenvalue weighted by Gasteiger charge is 2.35. The highest BCUT2D eigenvalue weighted by atomic mass is 35.5. The molecule has 2 N–H and O–H groups in total. The quantitative estimate of drug-likeness (QED) is 0.442. The topological polar surface area (TPSA) is 94.7 Å². The number of aromatic nitrogens is 1. The van der Waals surface area contributed by atoms with Gasteiger partial charge in [0, 0.05) is 49.7 Å². The summed E-state index contributed by atoms with van der Waals surface area (Å²) >= 11 is 5.69. The summed E-state index contributed by atoms with van der Waals surface area (Å²) in [4.78, 5) is 43.6. The third-order valence-corrected chi connectivity index (χ3v) is 6.04. The van der Waals surface area contributed by atoms with Crippen molar-refractivity contribution < 1.29 is 32.3 Å². The average Bonchev–Trinajstić information content (AvgIpc) is 3.08. The number of anilines is 1. The van der Waals surface area contributed by atoms with Gasteiger partial charge in [-0.2, -0.15) is 13.2 Å². The van der Waals surface area contributed by atoms with Crippen molar-refractivity contribution in [1.29, 1.82) is 0 Å². The van der Waals surface area contributed by atoms with Crippen LogP contribution in [0.4, 0.5) is 23.7 Å². The maximum atomic E-state index is 13.2. The van der Waals surface area contributed by atoms with Gasteiger partial charge in [-0.3, -0.25) is 9.59 Å². The van der Waals surface area contributed by atoms with Crippen molar-refractivity contribution in [2.75, 3.05) is 37.6 Å². The zero-order valence-corrected chi connectivity index (χ0v) is 20.3. The number of hydrogen-bond donors (Lipinski definition) is 2. The fourth-order valence-electron chi connectivity index (χ4n) is 3.87. The highest BCUT2D eigenvalue weighted by molar-refractivity contribution is 6.43. The maximum Gasteiger partial charge on any atom is 0.417 e. The third kappa shape index (κ3) is 5.90. The van der Waals surface area contributed by atoms with Crippen LogP contribution in [0.5, 0.6) is 5.88 Å². The van der Waals surface area contributed by atoms with Gasteiger partial charge in [-0.25, -0.2) is 4.79 Å². The minimum absolute atomic E-state index is 0.0836. The van der Waals surface area contributed by atoms with Crippen molar-refractivity contribution in [3.63, 3.8) is 0 Å². The molecule has 1 fully saturated rings. The van der Waals surface area contributed by atoms with Gasteiger partial charge in [0.05, 0.1) is 16.1 Å². The Morgan fingerprint density at radius 2 is 1.80 bits per heavy atom. The normalized spacial score (nSPS) is 14.1. The van der Waals surface area contributed by atoms with Gasteiger partial charge in [-0.1, -0.05) is 18.5 Å². The van der Waals surface area contributed by atoms with Crippen molar-refractivity contribution in [2.45, 2.75) is 33.4 Å². The van der Waals surface area contributed by atoms with Crippen LogP contribution in [0.2, 0.25) is 5.02 Å². The molecule has 190 valence electrons. The second-order valence-electron chi connectivity index (χ2n) is 8.17. The number of alkyl halides is 3. The molecule has 2 aromatic rings. The van der Waals surface area contributed by atoms with Crippen LogP contribution in [0.1, 0.15) is 40.5 Å². The van der Waals surface area contributed by atoms with Crippen LogP contribution in [-0.2, 0) is 11.0 Å². The van der Waals surface area contributed by atoms with Crippen LogP contribution in [0.25, 0.3) is 0 Å². The molecule has 1 aromatic carbocycles. The van der Waals surface area contributed by atoms with Gasteiger partial charge in [0.15, 0.2) is 0 Å². The highest BCUT2D eigenvalue weighted by Crippen LogP contribution is 2.37. The van der Waals surface area contributed by atoms with E-state index in [1.54, 1.807) is 18.7 Å². The van der Waals surface area contributed by atoms with E-state index in [0.717, 1.165) is 12.5 Å². The zero-order chi connectivity index (χ0) is 25.9. The van der Waals surface area contributed by atoms with E-state index in [2.05, 4.69) is 10.3 Å². The molecule has 8 nitrogen and oxygen atoms in total. The molecular weight excluding hydrogens is 489 g/mol. The van der Waals surface area contributed by atoms with Gasteiger partial charge in [-0.15, -0.1) is 0 Å². The number of halogens is 4. The summed E-state index contributed by atoms with van der Waals surface area (Å²) in [7, 11) is 0. The summed E-state index contributed by atoms with van der Waals surface area (Å²) in [6.07, 6.45) is -4.53. The summed E-state index contributed by atoms with van der Waals surface area (Å²) < 4.78 is 44.7. The second kappa shape index (κ2) is 10.6. The summed E-state index contributed by atoms with van der Waals surface area (Å²) in [6, 6.07) is 3.67. The molecule has 0 unspecified atom stereocenters. The minimum atomic E-state index is -4.58. The largest absolute Gasteiger partial charge is 0.417 e. The lowest BCUT2D eigenvalue weighted by Crippen LogP contribution is -2.50. The molecule has 1 aliphatic heterocycles. The lowest BCUT2D eigenvalue weighted by atomic mass is 10.1. The van der Waals surface area contributed by atoms with E-state index in [1.165, 1.54) is 17.0 Å². The van der Waals surface area contributed by atoms with Crippen LogP contribution >= 0.6 is 11.6 Å². The van der Waals surface area contributed by atoms with Crippen molar-refractivity contribution in [3.8, 4) is 5.88 Å². The second-order valence-corrected chi connectivity index (χ2v) is 8.57. The standard InChI is InChI=1S/C23H26ClF3N4O4/c1-4-7-28-22(34)35-20-13(2)18(14(3)29-20)19(32)21(33)31-10-8-30(9-11-31)15-5-6-17(24)16(12-15)23(25,26)27/h5-6,12,29H,4,7-11H2,1-3H3,(H,28,34). The van der Waals surface area contributed by atoms with E-state index < -0.39 is 29.5 Å². The van der Waals surface area contributed by atoms with E-state index in [4.69, 9.17) is 16.3 Å². The Morgan fingerprint density at radius 1 is 1.14 bits per heavy atom. The Labute approximate surface area is 205 Å². The Balaban J connectivity index is 1.67. The first kappa shape index (κ1) is 26.4. The lowest BCUT2D eigenvalue weighted by Gasteiger charge is -2.36. The van der Waals surface area contributed by atoms with Gasteiger partial charge in [0.1, 0.15) is 0 Å². The van der Waals surface area contributed by atoms with Crippen LogP contribution in [0.15, 0.2) is 18.2 Å². The van der Waals surface area contributed by atoms with E-state index in [0.29, 0.717) is 23.5 Å². The minimum Gasteiger partial charge on any atom is -0.393 e. The number of benzene rings is 1. The Bertz CT molecular complexity index is 1120. The van der Waals surface area contributed by atoms with Gasteiger partial charge in [-0.05, 0) is 38.5 Å². The summed E-state index contributed by atoms with van der Waals surface area (Å²) in [5, 5.41) is 2.17. The molecule has 1 saturated heterocycles. The molecule has 0 radical (unpaired) electrons. The van der Waals surface area contributed by atoms with Crippen molar-refractivity contribution in [3.05, 3.63) is 45.6 Å². The summed E-state index contributed by atoms with van der Waals surface area (Å²) in [5.74, 6) is -1.40. The molecule has 0 aliphatic carbocycles. The van der Waals surface area contributed by atoms with Gasteiger partial charge in [0.2, 0.25) is 5.88 Å². The van der Waals surface area contributed by atoms with Crippen molar-refractivity contribution in [1.82, 2.24) is 15.2 Å². The van der Waals surface area contributed by atoms with E-state index in [-0.39, 0.29) is 42.6 Å². The fourth-order valence-corrected chi connectivity index (χ4v) is 4.09. The molecule has 0 saturated carbocycles. The molecular formula is C23H26ClF3N4O4. The molecule has 1 aliphatic rings. The number of carbonyl (C=O) groups excluding carboxylic acids is 3.